The Kier molecular flexibility index (Phi) is 6.02. The Bertz CT molecular complexity index is 515. The number of hydrogen-bond donors (Lipinski definition) is 2. The minimum Gasteiger partial charge on any atom is -0.497 e. The van der Waals surface area contributed by atoms with E-state index in [2.05, 4.69) is 0 Å². The Morgan fingerprint density at radius 2 is 1.77 bits per heavy atom. The fourth-order valence-electron chi connectivity index (χ4n) is 1.49. The second kappa shape index (κ2) is 7.53. The average molecular weight is 321 g/mol. The number of aliphatic carboxylic acids is 1. The minimum atomic E-state index is -4.70. The summed E-state index contributed by atoms with van der Waals surface area (Å²) in [6.07, 6.45) is -6.36. The topological polar surface area (TPSA) is 84.9 Å². The number of amides is 1. The largest absolute Gasteiger partial charge is 0.497 e. The van der Waals surface area contributed by atoms with E-state index in [1.165, 1.54) is 19.2 Å². The highest BCUT2D eigenvalue weighted by atomic mass is 19.4. The summed E-state index contributed by atoms with van der Waals surface area (Å²) in [6.45, 7) is -0.603. The van der Waals surface area contributed by atoms with Gasteiger partial charge in [-0.2, -0.15) is 13.2 Å². The highest BCUT2D eigenvalue weighted by molar-refractivity contribution is 5.84. The predicted molar refractivity (Wildman–Crippen MR) is 68.7 cm³/mol. The summed E-state index contributed by atoms with van der Waals surface area (Å²) in [6, 6.07) is 4.08. The second-order valence-corrected chi connectivity index (χ2v) is 4.24. The van der Waals surface area contributed by atoms with Gasteiger partial charge in [-0.1, -0.05) is 0 Å². The second-order valence-electron chi connectivity index (χ2n) is 4.24. The molecule has 6 nitrogen and oxygen atoms in total. The van der Waals surface area contributed by atoms with Crippen LogP contribution in [0.4, 0.5) is 13.2 Å². The van der Waals surface area contributed by atoms with Crippen molar-refractivity contribution in [2.75, 3.05) is 13.7 Å². The van der Waals surface area contributed by atoms with Gasteiger partial charge >= 0.3 is 12.1 Å². The summed E-state index contributed by atoms with van der Waals surface area (Å²) in [5.41, 5.74) is 0. The summed E-state index contributed by atoms with van der Waals surface area (Å²) < 4.78 is 46.5. The number of ether oxygens (including phenoxy) is 2. The first-order valence-corrected chi connectivity index (χ1v) is 6.07. The lowest BCUT2D eigenvalue weighted by molar-refractivity contribution is -0.160. The molecule has 0 saturated carbocycles. The van der Waals surface area contributed by atoms with Crippen LogP contribution in [-0.2, 0) is 9.59 Å². The molecule has 0 aliphatic heterocycles. The normalized spacial score (nSPS) is 12.4. The Labute approximate surface area is 123 Å². The minimum absolute atomic E-state index is 0.290. The molecule has 0 heterocycles. The molecule has 0 spiro atoms. The van der Waals surface area contributed by atoms with Crippen LogP contribution in [0.2, 0.25) is 0 Å². The zero-order valence-corrected chi connectivity index (χ0v) is 11.5. The monoisotopic (exact) mass is 321 g/mol. The number of hydrogen-bond acceptors (Lipinski definition) is 4. The molecule has 0 saturated heterocycles. The molecular formula is C13H14F3NO5. The van der Waals surface area contributed by atoms with Crippen LogP contribution in [0, 0.1) is 0 Å². The van der Waals surface area contributed by atoms with E-state index in [4.69, 9.17) is 14.6 Å². The maximum Gasteiger partial charge on any atom is 0.391 e. The first-order chi connectivity index (χ1) is 10.2. The number of benzene rings is 1. The van der Waals surface area contributed by atoms with Crippen molar-refractivity contribution in [3.05, 3.63) is 24.3 Å². The van der Waals surface area contributed by atoms with E-state index in [9.17, 15) is 22.8 Å². The van der Waals surface area contributed by atoms with Crippen molar-refractivity contribution in [1.29, 1.82) is 0 Å². The Morgan fingerprint density at radius 1 is 1.23 bits per heavy atom. The number of rotatable bonds is 7. The van der Waals surface area contributed by atoms with Gasteiger partial charge in [-0.25, -0.2) is 4.79 Å². The van der Waals surface area contributed by atoms with Gasteiger partial charge in [0, 0.05) is 0 Å². The summed E-state index contributed by atoms with van der Waals surface area (Å²) in [7, 11) is 1.47. The van der Waals surface area contributed by atoms with Gasteiger partial charge in [0.15, 0.2) is 6.61 Å². The van der Waals surface area contributed by atoms with Gasteiger partial charge in [0.25, 0.3) is 5.91 Å². The van der Waals surface area contributed by atoms with Crippen molar-refractivity contribution >= 4 is 11.9 Å². The number of carbonyl (C=O) groups excluding carboxylic acids is 1. The lowest BCUT2D eigenvalue weighted by Crippen LogP contribution is -2.45. The summed E-state index contributed by atoms with van der Waals surface area (Å²) in [4.78, 5) is 22.1. The third-order valence-corrected chi connectivity index (χ3v) is 2.50. The van der Waals surface area contributed by atoms with Crippen molar-refractivity contribution in [1.82, 2.24) is 5.32 Å². The average Bonchev–Trinajstić information content (AvgIpc) is 2.43. The van der Waals surface area contributed by atoms with Crippen molar-refractivity contribution in [2.24, 2.45) is 0 Å². The number of carboxylic acid groups (broad SMARTS) is 1. The number of halogens is 3. The lowest BCUT2D eigenvalue weighted by Gasteiger charge is -2.16. The number of carbonyl (C=O) groups is 2. The highest BCUT2D eigenvalue weighted by Gasteiger charge is 2.36. The number of alkyl halides is 3. The van der Waals surface area contributed by atoms with Crippen LogP contribution in [0.1, 0.15) is 6.42 Å². The van der Waals surface area contributed by atoms with E-state index in [1.54, 1.807) is 17.4 Å². The molecule has 122 valence electrons. The Morgan fingerprint density at radius 3 is 2.23 bits per heavy atom. The van der Waals surface area contributed by atoms with Crippen LogP contribution in [0.25, 0.3) is 0 Å². The lowest BCUT2D eigenvalue weighted by atomic mass is 10.2. The highest BCUT2D eigenvalue weighted by Crippen LogP contribution is 2.21. The number of nitrogens with one attached hydrogen (secondary N) is 1. The van der Waals surface area contributed by atoms with E-state index in [-0.39, 0.29) is 0 Å². The molecule has 9 heteroatoms. The smallest absolute Gasteiger partial charge is 0.391 e. The van der Waals surface area contributed by atoms with Crippen LogP contribution >= 0.6 is 0 Å². The van der Waals surface area contributed by atoms with Crippen LogP contribution < -0.4 is 14.8 Å². The number of carboxylic acids is 1. The van der Waals surface area contributed by atoms with Crippen molar-refractivity contribution in [2.45, 2.75) is 18.6 Å². The van der Waals surface area contributed by atoms with Gasteiger partial charge in [0.1, 0.15) is 17.5 Å². The summed E-state index contributed by atoms with van der Waals surface area (Å²) >= 11 is 0. The zero-order valence-electron chi connectivity index (χ0n) is 11.5. The Hall–Kier alpha value is -2.45. The molecule has 1 amide bonds. The molecule has 1 aromatic carbocycles. The molecule has 0 fully saturated rings. The van der Waals surface area contributed by atoms with E-state index in [0.717, 1.165) is 0 Å². The van der Waals surface area contributed by atoms with E-state index in [0.29, 0.717) is 11.5 Å². The van der Waals surface area contributed by atoms with Gasteiger partial charge < -0.3 is 19.9 Å². The van der Waals surface area contributed by atoms with E-state index < -0.39 is 37.1 Å². The standard InChI is InChI=1S/C13H14F3NO5/c1-21-8-2-4-9(5-3-8)22-7-11(18)17-10(12(19)20)6-13(14,15)16/h2-5,10H,6-7H2,1H3,(H,17,18)(H,19,20). The maximum absolute atomic E-state index is 12.2. The van der Waals surface area contributed by atoms with Crippen molar-refractivity contribution in [3.63, 3.8) is 0 Å². The van der Waals surface area contributed by atoms with Crippen LogP contribution in [0.5, 0.6) is 11.5 Å². The third-order valence-electron chi connectivity index (χ3n) is 2.50. The fraction of sp³-hybridized carbons (Fsp3) is 0.385. The molecule has 1 rings (SSSR count). The SMILES string of the molecule is COc1ccc(OCC(=O)NC(CC(F)(F)F)C(=O)O)cc1. The van der Waals surface area contributed by atoms with E-state index >= 15 is 0 Å². The molecular weight excluding hydrogens is 307 g/mol. The molecule has 1 atom stereocenters. The van der Waals surface area contributed by atoms with Crippen LogP contribution in [-0.4, -0.2) is 42.9 Å². The molecule has 0 aliphatic carbocycles. The molecule has 2 N–H and O–H groups in total. The van der Waals surface area contributed by atoms with Gasteiger partial charge in [0.05, 0.1) is 13.5 Å². The van der Waals surface area contributed by atoms with Gasteiger partial charge in [-0.3, -0.25) is 4.79 Å². The van der Waals surface area contributed by atoms with Crippen LogP contribution in [0.3, 0.4) is 0 Å². The molecule has 0 aliphatic rings. The predicted octanol–water partition coefficient (Wildman–Crippen LogP) is 1.60. The molecule has 1 unspecified atom stereocenters. The molecule has 22 heavy (non-hydrogen) atoms. The number of methoxy groups -OCH3 is 1. The van der Waals surface area contributed by atoms with Crippen molar-refractivity contribution in [3.8, 4) is 11.5 Å². The summed E-state index contributed by atoms with van der Waals surface area (Å²) in [5.74, 6) is -1.88. The van der Waals surface area contributed by atoms with Crippen LogP contribution in [0.15, 0.2) is 24.3 Å². The summed E-state index contributed by atoms with van der Waals surface area (Å²) in [5, 5.41) is 10.4. The first-order valence-electron chi connectivity index (χ1n) is 6.07. The van der Waals surface area contributed by atoms with E-state index in [1.807, 2.05) is 0 Å². The van der Waals surface area contributed by atoms with Crippen molar-refractivity contribution < 1.29 is 37.3 Å². The molecule has 1 aromatic rings. The molecule has 0 aromatic heterocycles. The van der Waals surface area contributed by atoms with Gasteiger partial charge in [-0.05, 0) is 24.3 Å². The quantitative estimate of drug-likeness (QED) is 0.797. The maximum atomic E-state index is 12.2. The fourth-order valence-corrected chi connectivity index (χ4v) is 1.49. The third kappa shape index (κ3) is 6.33. The molecule has 0 radical (unpaired) electrons. The first kappa shape index (κ1) is 17.6. The molecule has 0 bridgehead atoms. The zero-order chi connectivity index (χ0) is 16.8. The Balaban J connectivity index is 2.51. The van der Waals surface area contributed by atoms with Gasteiger partial charge in [0.2, 0.25) is 0 Å². The van der Waals surface area contributed by atoms with Gasteiger partial charge in [-0.15, -0.1) is 0 Å².